The van der Waals surface area contributed by atoms with Crippen LogP contribution in [0.5, 0.6) is 46.0 Å². The van der Waals surface area contributed by atoms with Crippen LogP contribution >= 0.6 is 0 Å². The van der Waals surface area contributed by atoms with Crippen molar-refractivity contribution in [1.82, 2.24) is 0 Å². The molecule has 4 N–H and O–H groups in total. The van der Waals surface area contributed by atoms with E-state index in [2.05, 4.69) is 13.8 Å². The van der Waals surface area contributed by atoms with E-state index in [0.717, 1.165) is 11.1 Å². The van der Waals surface area contributed by atoms with Crippen molar-refractivity contribution in [1.29, 1.82) is 0 Å². The van der Waals surface area contributed by atoms with Gasteiger partial charge in [-0.3, -0.25) is 0 Å². The fourth-order valence-corrected chi connectivity index (χ4v) is 6.49. The van der Waals surface area contributed by atoms with E-state index < -0.39 is 24.4 Å². The van der Waals surface area contributed by atoms with Crippen LogP contribution in [0.3, 0.4) is 0 Å². The van der Waals surface area contributed by atoms with E-state index in [4.69, 9.17) is 33.2 Å². The molecule has 8 atom stereocenters. The molecule has 11 heteroatoms. The van der Waals surface area contributed by atoms with Crippen molar-refractivity contribution < 1.29 is 53.6 Å². The topological polar surface area (TPSA) is 146 Å². The third-order valence-corrected chi connectivity index (χ3v) is 9.71. The zero-order valence-corrected chi connectivity index (χ0v) is 30.2. The Bertz CT molecular complexity index is 1660. The van der Waals surface area contributed by atoms with Gasteiger partial charge in [-0.2, -0.15) is 0 Å². The standard InChI is InChI=1S/C40H48O11/c1-21-22(2)40(28-12-16-34(36(20-28)48-8)50-24(4)38(44)26-10-14-32(46-6)30(42)18-26)51-39(21)27-11-15-33(35(19-27)47-7)49-23(3)37(43)25-9-13-31(45-5)29(41)17-25/h9-24,37-44H,1-8H3/t21-,22-,23-,24-,37+,38+,39+,40+/m1/s1. The molecule has 5 rings (SSSR count). The van der Waals surface area contributed by atoms with Crippen molar-refractivity contribution in [2.45, 2.75) is 64.3 Å². The average Bonchev–Trinajstić information content (AvgIpc) is 3.44. The average molecular weight is 705 g/mol. The van der Waals surface area contributed by atoms with Crippen LogP contribution in [0, 0.1) is 11.8 Å². The van der Waals surface area contributed by atoms with Gasteiger partial charge in [0.05, 0.1) is 40.6 Å². The van der Waals surface area contributed by atoms with Crippen molar-refractivity contribution in [3.8, 4) is 46.0 Å². The second kappa shape index (κ2) is 16.0. The summed E-state index contributed by atoms with van der Waals surface area (Å²) >= 11 is 0. The van der Waals surface area contributed by atoms with Gasteiger partial charge in [0.2, 0.25) is 0 Å². The highest BCUT2D eigenvalue weighted by Gasteiger charge is 2.41. The van der Waals surface area contributed by atoms with Crippen LogP contribution in [-0.4, -0.2) is 61.1 Å². The van der Waals surface area contributed by atoms with Crippen molar-refractivity contribution >= 4 is 0 Å². The number of phenols is 2. The summed E-state index contributed by atoms with van der Waals surface area (Å²) in [6.07, 6.45) is -3.83. The number of aliphatic hydroxyl groups is 2. The summed E-state index contributed by atoms with van der Waals surface area (Å²) < 4.78 is 40.6. The number of methoxy groups -OCH3 is 4. The summed E-state index contributed by atoms with van der Waals surface area (Å²) in [7, 11) is 6.06. The van der Waals surface area contributed by atoms with Crippen LogP contribution < -0.4 is 28.4 Å². The summed E-state index contributed by atoms with van der Waals surface area (Å²) in [5, 5.41) is 42.2. The maximum atomic E-state index is 10.9. The quantitative estimate of drug-likeness (QED) is 0.106. The van der Waals surface area contributed by atoms with Gasteiger partial charge in [0, 0.05) is 0 Å². The van der Waals surface area contributed by atoms with Crippen LogP contribution in [0.15, 0.2) is 72.8 Å². The maximum absolute atomic E-state index is 10.9. The number of benzene rings is 4. The van der Waals surface area contributed by atoms with Crippen molar-refractivity contribution in [2.24, 2.45) is 11.8 Å². The molecule has 0 aromatic heterocycles. The van der Waals surface area contributed by atoms with Crippen LogP contribution in [0.4, 0.5) is 0 Å². The van der Waals surface area contributed by atoms with Crippen LogP contribution in [0.25, 0.3) is 0 Å². The molecular weight excluding hydrogens is 656 g/mol. The smallest absolute Gasteiger partial charge is 0.161 e. The van der Waals surface area contributed by atoms with Gasteiger partial charge in [0.15, 0.2) is 46.0 Å². The Morgan fingerprint density at radius 1 is 0.510 bits per heavy atom. The van der Waals surface area contributed by atoms with Gasteiger partial charge in [-0.05, 0) is 96.5 Å². The van der Waals surface area contributed by atoms with Gasteiger partial charge in [-0.25, -0.2) is 0 Å². The molecule has 0 aliphatic carbocycles. The summed E-state index contributed by atoms with van der Waals surface area (Å²) in [5.74, 6) is 2.72. The van der Waals surface area contributed by atoms with Crippen molar-refractivity contribution in [3.05, 3.63) is 95.1 Å². The van der Waals surface area contributed by atoms with E-state index in [-0.39, 0.29) is 35.5 Å². The number of aromatic hydroxyl groups is 2. The first-order valence-electron chi connectivity index (χ1n) is 16.8. The highest BCUT2D eigenvalue weighted by molar-refractivity contribution is 5.47. The lowest BCUT2D eigenvalue weighted by Gasteiger charge is -2.24. The van der Waals surface area contributed by atoms with Crippen molar-refractivity contribution in [2.75, 3.05) is 28.4 Å². The molecule has 0 unspecified atom stereocenters. The Balaban J connectivity index is 1.28. The molecule has 0 saturated carbocycles. The van der Waals surface area contributed by atoms with Crippen LogP contribution in [0.1, 0.15) is 74.4 Å². The van der Waals surface area contributed by atoms with E-state index in [0.29, 0.717) is 45.6 Å². The molecule has 0 spiro atoms. The Labute approximate surface area is 298 Å². The summed E-state index contributed by atoms with van der Waals surface area (Å²) in [5.41, 5.74) is 2.83. The first kappa shape index (κ1) is 37.4. The van der Waals surface area contributed by atoms with E-state index in [9.17, 15) is 20.4 Å². The number of hydrogen-bond acceptors (Lipinski definition) is 11. The molecule has 0 bridgehead atoms. The molecule has 1 aliphatic rings. The van der Waals surface area contributed by atoms with E-state index in [1.807, 2.05) is 36.4 Å². The normalized spacial score (nSPS) is 20.9. The lowest BCUT2D eigenvalue weighted by Crippen LogP contribution is -2.22. The van der Waals surface area contributed by atoms with Gasteiger partial charge in [-0.1, -0.05) is 38.1 Å². The molecule has 4 aromatic carbocycles. The Hall–Kier alpha value is -4.84. The van der Waals surface area contributed by atoms with E-state index in [1.165, 1.54) is 26.4 Å². The summed E-state index contributed by atoms with van der Waals surface area (Å²) in [4.78, 5) is 0. The second-order valence-electron chi connectivity index (χ2n) is 12.9. The summed E-state index contributed by atoms with van der Waals surface area (Å²) in [6, 6.07) is 20.8. The highest BCUT2D eigenvalue weighted by atomic mass is 16.5. The highest BCUT2D eigenvalue weighted by Crippen LogP contribution is 2.51. The van der Waals surface area contributed by atoms with Crippen molar-refractivity contribution in [3.63, 3.8) is 0 Å². The monoisotopic (exact) mass is 704 g/mol. The Morgan fingerprint density at radius 2 is 0.863 bits per heavy atom. The first-order chi connectivity index (χ1) is 24.4. The van der Waals surface area contributed by atoms with Crippen LogP contribution in [0.2, 0.25) is 0 Å². The molecule has 274 valence electrons. The number of rotatable bonds is 14. The maximum Gasteiger partial charge on any atom is 0.161 e. The summed E-state index contributed by atoms with van der Waals surface area (Å²) in [6.45, 7) is 7.80. The molecule has 1 saturated heterocycles. The zero-order valence-electron chi connectivity index (χ0n) is 30.2. The number of ether oxygens (including phenoxy) is 7. The lowest BCUT2D eigenvalue weighted by atomic mass is 9.85. The third kappa shape index (κ3) is 7.90. The molecule has 11 nitrogen and oxygen atoms in total. The fourth-order valence-electron chi connectivity index (χ4n) is 6.49. The molecule has 51 heavy (non-hydrogen) atoms. The second-order valence-corrected chi connectivity index (χ2v) is 12.9. The van der Waals surface area contributed by atoms with E-state index >= 15 is 0 Å². The molecule has 1 aliphatic heterocycles. The number of phenolic OH excluding ortho intramolecular Hbond substituents is 2. The zero-order chi connectivity index (χ0) is 37.0. The molecule has 0 radical (unpaired) electrons. The van der Waals surface area contributed by atoms with Gasteiger partial charge < -0.3 is 53.6 Å². The predicted molar refractivity (Wildman–Crippen MR) is 190 cm³/mol. The van der Waals surface area contributed by atoms with Gasteiger partial charge in [0.25, 0.3) is 0 Å². The number of aliphatic hydroxyl groups excluding tert-OH is 2. The molecule has 1 fully saturated rings. The van der Waals surface area contributed by atoms with Gasteiger partial charge in [-0.15, -0.1) is 0 Å². The third-order valence-electron chi connectivity index (χ3n) is 9.71. The fraction of sp³-hybridized carbons (Fsp3) is 0.400. The minimum Gasteiger partial charge on any atom is -0.504 e. The number of hydrogen-bond donors (Lipinski definition) is 4. The minimum atomic E-state index is -1.02. The first-order valence-corrected chi connectivity index (χ1v) is 16.8. The molecular formula is C40H48O11. The van der Waals surface area contributed by atoms with E-state index in [1.54, 1.807) is 52.3 Å². The van der Waals surface area contributed by atoms with Crippen LogP contribution in [-0.2, 0) is 4.74 Å². The SMILES string of the molecule is COc1ccc([C@@H](O)[C@@H](C)Oc2ccc([C@H]3O[C@H](c4ccc(O[C@H](C)[C@H](O)c5ccc(OC)c(O)c5)c(OC)c4)[C@H](C)[C@H]3C)cc2OC)cc1O. The van der Waals surface area contributed by atoms with Gasteiger partial charge >= 0.3 is 0 Å². The molecule has 4 aromatic rings. The Morgan fingerprint density at radius 3 is 1.20 bits per heavy atom. The largest absolute Gasteiger partial charge is 0.504 e. The molecule has 1 heterocycles. The van der Waals surface area contributed by atoms with Gasteiger partial charge in [0.1, 0.15) is 24.4 Å². The lowest BCUT2D eigenvalue weighted by molar-refractivity contribution is 0.0281. The molecule has 0 amide bonds. The Kier molecular flexibility index (Phi) is 11.7. The predicted octanol–water partition coefficient (Wildman–Crippen LogP) is 7.22. The minimum absolute atomic E-state index is 0.0677.